The molecular formula is C12H12N4. The maximum atomic E-state index is 4.37. The van der Waals surface area contributed by atoms with Crippen LogP contribution in [0.25, 0.3) is 22.3 Å². The molecule has 1 aromatic carbocycles. The minimum Gasteiger partial charge on any atom is -0.345 e. The zero-order valence-corrected chi connectivity index (χ0v) is 9.20. The highest BCUT2D eigenvalue weighted by molar-refractivity contribution is 5.93. The van der Waals surface area contributed by atoms with E-state index in [4.69, 9.17) is 0 Å². The second-order valence-corrected chi connectivity index (χ2v) is 3.98. The fourth-order valence-corrected chi connectivity index (χ4v) is 2.02. The summed E-state index contributed by atoms with van der Waals surface area (Å²) in [4.78, 5) is 7.50. The van der Waals surface area contributed by atoms with Crippen LogP contribution in [0.1, 0.15) is 11.1 Å². The lowest BCUT2D eigenvalue weighted by atomic mass is 10.0. The number of H-pyrrole nitrogens is 2. The Bertz CT molecular complexity index is 648. The molecule has 16 heavy (non-hydrogen) atoms. The largest absolute Gasteiger partial charge is 0.345 e. The van der Waals surface area contributed by atoms with Gasteiger partial charge in [-0.05, 0) is 31.0 Å². The fourth-order valence-electron chi connectivity index (χ4n) is 2.02. The molecule has 0 atom stereocenters. The van der Waals surface area contributed by atoms with E-state index in [0.29, 0.717) is 0 Å². The summed E-state index contributed by atoms with van der Waals surface area (Å²) in [5.74, 6) is 0. The van der Waals surface area contributed by atoms with Crippen LogP contribution in [0.4, 0.5) is 0 Å². The van der Waals surface area contributed by atoms with Crippen molar-refractivity contribution in [3.63, 3.8) is 0 Å². The van der Waals surface area contributed by atoms with Crippen LogP contribution in [0.15, 0.2) is 24.7 Å². The molecule has 0 bridgehead atoms. The van der Waals surface area contributed by atoms with Crippen molar-refractivity contribution in [1.82, 2.24) is 20.2 Å². The summed E-state index contributed by atoms with van der Waals surface area (Å²) in [6.07, 6.45) is 3.56. The zero-order chi connectivity index (χ0) is 11.1. The third kappa shape index (κ3) is 1.16. The monoisotopic (exact) mass is 212 g/mol. The maximum Gasteiger partial charge on any atom is 0.0979 e. The van der Waals surface area contributed by atoms with E-state index >= 15 is 0 Å². The van der Waals surface area contributed by atoms with Crippen molar-refractivity contribution in [2.75, 3.05) is 0 Å². The van der Waals surface area contributed by atoms with Crippen molar-refractivity contribution in [2.24, 2.45) is 0 Å². The van der Waals surface area contributed by atoms with Gasteiger partial charge in [0.1, 0.15) is 0 Å². The van der Waals surface area contributed by atoms with Gasteiger partial charge >= 0.3 is 0 Å². The molecule has 0 saturated carbocycles. The molecule has 0 saturated heterocycles. The molecular weight excluding hydrogens is 200 g/mol. The molecule has 0 spiro atoms. The normalized spacial score (nSPS) is 11.1. The summed E-state index contributed by atoms with van der Waals surface area (Å²) in [5.41, 5.74) is 6.57. The van der Waals surface area contributed by atoms with Gasteiger partial charge in [0.15, 0.2) is 0 Å². The summed E-state index contributed by atoms with van der Waals surface area (Å²) in [6.45, 7) is 4.13. The molecule has 0 aliphatic carbocycles. The fraction of sp³-hybridized carbons (Fsp3) is 0.167. The van der Waals surface area contributed by atoms with E-state index in [9.17, 15) is 0 Å². The molecule has 0 fully saturated rings. The molecule has 3 rings (SSSR count). The maximum absolute atomic E-state index is 4.37. The number of nitrogens with zero attached hydrogens (tertiary/aromatic N) is 2. The van der Waals surface area contributed by atoms with E-state index in [1.165, 1.54) is 5.56 Å². The smallest absolute Gasteiger partial charge is 0.0979 e. The lowest BCUT2D eigenvalue weighted by Gasteiger charge is -2.05. The Morgan fingerprint density at radius 1 is 1.12 bits per heavy atom. The Balaban J connectivity index is 2.42. The molecule has 0 radical (unpaired) electrons. The Morgan fingerprint density at radius 2 is 2.00 bits per heavy atom. The van der Waals surface area contributed by atoms with Crippen LogP contribution in [-0.2, 0) is 0 Å². The summed E-state index contributed by atoms with van der Waals surface area (Å²) in [7, 11) is 0. The lowest BCUT2D eigenvalue weighted by molar-refractivity contribution is 1.09. The van der Waals surface area contributed by atoms with Crippen LogP contribution < -0.4 is 0 Å². The molecule has 0 aliphatic heterocycles. The number of imidazole rings is 1. The third-order valence-corrected chi connectivity index (χ3v) is 2.88. The molecule has 2 aromatic heterocycles. The molecule has 4 nitrogen and oxygen atoms in total. The van der Waals surface area contributed by atoms with Gasteiger partial charge in [-0.3, -0.25) is 5.10 Å². The van der Waals surface area contributed by atoms with Crippen LogP contribution in [0.5, 0.6) is 0 Å². The average Bonchev–Trinajstić information content (AvgIpc) is 2.87. The number of aryl methyl sites for hydroxylation is 2. The van der Waals surface area contributed by atoms with Gasteiger partial charge in [-0.1, -0.05) is 6.07 Å². The minimum absolute atomic E-state index is 0.993. The number of fused-ring (bicyclic) bond motifs is 1. The van der Waals surface area contributed by atoms with E-state index in [1.54, 1.807) is 6.33 Å². The Hall–Kier alpha value is -2.10. The van der Waals surface area contributed by atoms with E-state index in [-0.39, 0.29) is 0 Å². The minimum atomic E-state index is 0.993. The van der Waals surface area contributed by atoms with Crippen LogP contribution in [0, 0.1) is 13.8 Å². The molecule has 0 amide bonds. The number of hydrogen-bond donors (Lipinski definition) is 2. The van der Waals surface area contributed by atoms with Crippen LogP contribution in [0.2, 0.25) is 0 Å². The highest BCUT2D eigenvalue weighted by atomic mass is 15.1. The number of aromatic amines is 2. The number of benzene rings is 1. The van der Waals surface area contributed by atoms with Crippen LogP contribution in [0.3, 0.4) is 0 Å². The van der Waals surface area contributed by atoms with Gasteiger partial charge in [-0.25, -0.2) is 4.98 Å². The molecule has 2 heterocycles. The van der Waals surface area contributed by atoms with E-state index in [2.05, 4.69) is 33.2 Å². The Labute approximate surface area is 92.7 Å². The zero-order valence-electron chi connectivity index (χ0n) is 9.20. The van der Waals surface area contributed by atoms with Crippen molar-refractivity contribution in [1.29, 1.82) is 0 Å². The summed E-state index contributed by atoms with van der Waals surface area (Å²) < 4.78 is 0. The van der Waals surface area contributed by atoms with Crippen molar-refractivity contribution < 1.29 is 0 Å². The van der Waals surface area contributed by atoms with Gasteiger partial charge in [0.2, 0.25) is 0 Å². The molecule has 2 N–H and O–H groups in total. The van der Waals surface area contributed by atoms with Gasteiger partial charge in [0.05, 0.1) is 29.3 Å². The molecule has 0 aliphatic rings. The second-order valence-electron chi connectivity index (χ2n) is 3.98. The predicted molar refractivity (Wildman–Crippen MR) is 63.1 cm³/mol. The molecule has 3 aromatic rings. The number of rotatable bonds is 1. The first kappa shape index (κ1) is 9.15. The van der Waals surface area contributed by atoms with Gasteiger partial charge in [0, 0.05) is 5.56 Å². The van der Waals surface area contributed by atoms with Gasteiger partial charge in [0.25, 0.3) is 0 Å². The van der Waals surface area contributed by atoms with E-state index in [0.717, 1.165) is 27.9 Å². The second kappa shape index (κ2) is 3.20. The van der Waals surface area contributed by atoms with Crippen molar-refractivity contribution >= 4 is 11.0 Å². The highest BCUT2D eigenvalue weighted by Crippen LogP contribution is 2.30. The number of nitrogens with one attached hydrogen (secondary N) is 2. The quantitative estimate of drug-likeness (QED) is 0.651. The average molecular weight is 212 g/mol. The van der Waals surface area contributed by atoms with Crippen LogP contribution in [-0.4, -0.2) is 20.2 Å². The summed E-state index contributed by atoms with van der Waals surface area (Å²) in [5, 5.41) is 7.11. The predicted octanol–water partition coefficient (Wildman–Crippen LogP) is 2.57. The van der Waals surface area contributed by atoms with Gasteiger partial charge in [-0.15, -0.1) is 0 Å². The third-order valence-electron chi connectivity index (χ3n) is 2.88. The van der Waals surface area contributed by atoms with Crippen molar-refractivity contribution in [3.05, 3.63) is 35.8 Å². The number of aromatic nitrogens is 4. The Morgan fingerprint density at radius 3 is 2.75 bits per heavy atom. The highest BCUT2D eigenvalue weighted by Gasteiger charge is 2.12. The first-order valence-corrected chi connectivity index (χ1v) is 5.20. The van der Waals surface area contributed by atoms with Crippen LogP contribution >= 0.6 is 0 Å². The van der Waals surface area contributed by atoms with Crippen molar-refractivity contribution in [2.45, 2.75) is 13.8 Å². The first-order chi connectivity index (χ1) is 7.77. The van der Waals surface area contributed by atoms with Crippen molar-refractivity contribution in [3.8, 4) is 11.3 Å². The van der Waals surface area contributed by atoms with Gasteiger partial charge in [-0.2, -0.15) is 5.10 Å². The SMILES string of the molecule is Cc1cn[nH]c1-c1c(C)ccc2[nH]cnc12. The molecule has 80 valence electrons. The molecule has 4 heteroatoms. The summed E-state index contributed by atoms with van der Waals surface area (Å²) in [6, 6.07) is 4.14. The molecule has 0 unspecified atom stereocenters. The lowest BCUT2D eigenvalue weighted by Crippen LogP contribution is -1.88. The Kier molecular flexibility index (Phi) is 1.83. The first-order valence-electron chi connectivity index (χ1n) is 5.20. The van der Waals surface area contributed by atoms with Gasteiger partial charge < -0.3 is 4.98 Å². The summed E-state index contributed by atoms with van der Waals surface area (Å²) >= 11 is 0. The van der Waals surface area contributed by atoms with E-state index < -0.39 is 0 Å². The number of hydrogen-bond acceptors (Lipinski definition) is 2. The van der Waals surface area contributed by atoms with E-state index in [1.807, 2.05) is 19.2 Å². The standard InChI is InChI=1S/C12H12N4/c1-7-3-4-9-12(14-6-13-9)10(7)11-8(2)5-15-16-11/h3-6H,1-2H3,(H,13,14)(H,15,16). The topological polar surface area (TPSA) is 57.4 Å².